The lowest BCUT2D eigenvalue weighted by atomic mass is 9.43. The molecule has 1 aromatic rings. The Morgan fingerprint density at radius 3 is 2.32 bits per heavy atom. The van der Waals surface area contributed by atoms with Crippen LogP contribution < -0.4 is 10.6 Å². The molecule has 0 radical (unpaired) electrons. The molecule has 0 saturated heterocycles. The molecule has 4 fully saturated rings. The van der Waals surface area contributed by atoms with Crippen molar-refractivity contribution in [2.24, 2.45) is 17.3 Å². The van der Waals surface area contributed by atoms with E-state index in [4.69, 9.17) is 4.74 Å². The summed E-state index contributed by atoms with van der Waals surface area (Å²) in [5.41, 5.74) is 2.12. The Bertz CT molecular complexity index is 787. The van der Waals surface area contributed by atoms with Gasteiger partial charge >= 0.3 is 12.0 Å². The zero-order chi connectivity index (χ0) is 19.9. The van der Waals surface area contributed by atoms with Crippen LogP contribution in [0.3, 0.4) is 0 Å². The number of benzene rings is 1. The van der Waals surface area contributed by atoms with Gasteiger partial charge in [-0.25, -0.2) is 4.79 Å². The van der Waals surface area contributed by atoms with E-state index in [1.807, 2.05) is 0 Å². The smallest absolute Gasteiger partial charge is 0.321 e. The van der Waals surface area contributed by atoms with Crippen LogP contribution in [-0.2, 0) is 19.7 Å². The highest BCUT2D eigenvalue weighted by Gasteiger charge is 2.61. The minimum absolute atomic E-state index is 0.0428. The van der Waals surface area contributed by atoms with Crippen molar-refractivity contribution in [1.82, 2.24) is 10.6 Å². The van der Waals surface area contributed by atoms with Crippen LogP contribution in [0, 0.1) is 24.2 Å². The minimum atomic E-state index is -0.606. The predicted octanol–water partition coefficient (Wildman–Crippen LogP) is 2.83. The van der Waals surface area contributed by atoms with Crippen LogP contribution in [0.2, 0.25) is 0 Å². The second kappa shape index (κ2) is 6.90. The number of esters is 1. The molecular formula is C22H28N2O4. The molecule has 6 nitrogen and oxygen atoms in total. The number of amides is 3. The molecule has 150 valence electrons. The van der Waals surface area contributed by atoms with Gasteiger partial charge in [-0.2, -0.15) is 0 Å². The van der Waals surface area contributed by atoms with E-state index in [1.54, 1.807) is 0 Å². The average Bonchev–Trinajstić information content (AvgIpc) is 2.65. The Hall–Kier alpha value is -2.37. The zero-order valence-electron chi connectivity index (χ0n) is 16.5. The molecule has 2 N–H and O–H groups in total. The standard InChI is InChI=1S/C22H28N2O4/c1-14-3-5-17(6-4-14)21-8-15-7-16(9-21)11-22(10-15,13-21)19(26)28-12-18(25)24-20(27)23-2/h3-6,15-16H,7-13H2,1-2H3,(H2,23,24,25,27). The van der Waals surface area contributed by atoms with Gasteiger partial charge in [-0.1, -0.05) is 29.8 Å². The summed E-state index contributed by atoms with van der Waals surface area (Å²) in [5.74, 6) is 0.195. The Kier molecular flexibility index (Phi) is 4.68. The highest BCUT2D eigenvalue weighted by atomic mass is 16.5. The molecule has 0 aliphatic heterocycles. The maximum Gasteiger partial charge on any atom is 0.321 e. The van der Waals surface area contributed by atoms with E-state index in [0.717, 1.165) is 32.1 Å². The summed E-state index contributed by atoms with van der Waals surface area (Å²) in [6.07, 6.45) is 5.98. The van der Waals surface area contributed by atoms with Crippen molar-refractivity contribution in [3.63, 3.8) is 0 Å². The van der Waals surface area contributed by atoms with Gasteiger partial charge in [0.15, 0.2) is 6.61 Å². The number of nitrogens with one attached hydrogen (secondary N) is 2. The number of imide groups is 1. The molecule has 4 aliphatic rings. The summed E-state index contributed by atoms with van der Waals surface area (Å²) in [6.45, 7) is 1.67. The lowest BCUT2D eigenvalue weighted by Gasteiger charge is -2.61. The maximum absolute atomic E-state index is 13.1. The van der Waals surface area contributed by atoms with Crippen LogP contribution in [-0.4, -0.2) is 31.6 Å². The number of carbonyl (C=O) groups is 3. The first-order valence-corrected chi connectivity index (χ1v) is 10.1. The fourth-order valence-electron chi connectivity index (χ4n) is 6.26. The lowest BCUT2D eigenvalue weighted by Crippen LogP contribution is -2.57. The highest BCUT2D eigenvalue weighted by molar-refractivity contribution is 5.95. The average molecular weight is 384 g/mol. The van der Waals surface area contributed by atoms with Gasteiger partial charge < -0.3 is 10.1 Å². The van der Waals surface area contributed by atoms with Crippen molar-refractivity contribution < 1.29 is 19.1 Å². The van der Waals surface area contributed by atoms with Crippen molar-refractivity contribution in [3.8, 4) is 0 Å². The molecule has 0 spiro atoms. The molecule has 3 amide bonds. The summed E-state index contributed by atoms with van der Waals surface area (Å²) in [4.78, 5) is 36.1. The first-order valence-electron chi connectivity index (χ1n) is 10.1. The first-order chi connectivity index (χ1) is 13.3. The van der Waals surface area contributed by atoms with E-state index >= 15 is 0 Å². The second-order valence-electron chi connectivity index (χ2n) is 9.09. The number of ether oxygens (including phenoxy) is 1. The highest BCUT2D eigenvalue weighted by Crippen LogP contribution is 2.66. The number of aryl methyl sites for hydroxylation is 1. The topological polar surface area (TPSA) is 84.5 Å². The molecule has 6 heteroatoms. The van der Waals surface area contributed by atoms with E-state index in [-0.39, 0.29) is 11.4 Å². The molecule has 28 heavy (non-hydrogen) atoms. The number of urea groups is 1. The molecular weight excluding hydrogens is 356 g/mol. The molecule has 4 bridgehead atoms. The summed E-state index contributed by atoms with van der Waals surface area (Å²) in [7, 11) is 1.43. The predicted molar refractivity (Wildman–Crippen MR) is 104 cm³/mol. The van der Waals surface area contributed by atoms with Gasteiger partial charge in [-0.05, 0) is 68.3 Å². The van der Waals surface area contributed by atoms with Crippen LogP contribution in [0.1, 0.15) is 49.7 Å². The summed E-state index contributed by atoms with van der Waals surface area (Å²) >= 11 is 0. The van der Waals surface area contributed by atoms with Gasteiger partial charge in [0.25, 0.3) is 5.91 Å². The van der Waals surface area contributed by atoms with E-state index in [9.17, 15) is 14.4 Å². The van der Waals surface area contributed by atoms with E-state index < -0.39 is 24.0 Å². The quantitative estimate of drug-likeness (QED) is 0.782. The number of rotatable bonds is 4. The fraction of sp³-hybridized carbons (Fsp3) is 0.591. The van der Waals surface area contributed by atoms with Crippen LogP contribution in [0.25, 0.3) is 0 Å². The van der Waals surface area contributed by atoms with Crippen molar-refractivity contribution in [2.45, 2.75) is 50.9 Å². The SMILES string of the molecule is CNC(=O)NC(=O)COC(=O)C12CC3CC(C1)CC(c1ccc(C)cc1)(C3)C2. The third-order valence-corrected chi connectivity index (χ3v) is 6.97. The Balaban J connectivity index is 1.51. The van der Waals surface area contributed by atoms with E-state index in [0.29, 0.717) is 11.8 Å². The molecule has 5 rings (SSSR count). The maximum atomic E-state index is 13.1. The summed E-state index contributed by atoms with van der Waals surface area (Å²) < 4.78 is 5.40. The Morgan fingerprint density at radius 2 is 1.71 bits per heavy atom. The van der Waals surface area contributed by atoms with Gasteiger partial charge in [0.2, 0.25) is 0 Å². The van der Waals surface area contributed by atoms with E-state index in [1.165, 1.54) is 24.6 Å². The van der Waals surface area contributed by atoms with Gasteiger partial charge in [0.05, 0.1) is 5.41 Å². The van der Waals surface area contributed by atoms with Crippen LogP contribution in [0.4, 0.5) is 4.79 Å². The minimum Gasteiger partial charge on any atom is -0.455 e. The van der Waals surface area contributed by atoms with Crippen molar-refractivity contribution >= 4 is 17.9 Å². The normalized spacial score (nSPS) is 32.6. The van der Waals surface area contributed by atoms with Gasteiger partial charge in [-0.15, -0.1) is 0 Å². The van der Waals surface area contributed by atoms with E-state index in [2.05, 4.69) is 41.8 Å². The zero-order valence-corrected chi connectivity index (χ0v) is 16.5. The molecule has 0 aromatic heterocycles. The number of hydrogen-bond donors (Lipinski definition) is 2. The van der Waals surface area contributed by atoms with Gasteiger partial charge in [0.1, 0.15) is 0 Å². The molecule has 2 unspecified atom stereocenters. The lowest BCUT2D eigenvalue weighted by molar-refractivity contribution is -0.175. The van der Waals surface area contributed by atoms with Crippen molar-refractivity contribution in [2.75, 3.05) is 13.7 Å². The van der Waals surface area contributed by atoms with Crippen LogP contribution in [0.5, 0.6) is 0 Å². The third-order valence-electron chi connectivity index (χ3n) is 6.97. The molecule has 2 atom stereocenters. The van der Waals surface area contributed by atoms with Gasteiger partial charge in [0, 0.05) is 7.05 Å². The fourth-order valence-corrected chi connectivity index (χ4v) is 6.26. The van der Waals surface area contributed by atoms with Crippen LogP contribution in [0.15, 0.2) is 24.3 Å². The number of carbonyl (C=O) groups excluding carboxylic acids is 3. The monoisotopic (exact) mass is 384 g/mol. The summed E-state index contributed by atoms with van der Waals surface area (Å²) in [6, 6.07) is 8.15. The molecule has 4 aliphatic carbocycles. The number of hydrogen-bond acceptors (Lipinski definition) is 4. The molecule has 0 heterocycles. The summed E-state index contributed by atoms with van der Waals surface area (Å²) in [5, 5.41) is 4.44. The first kappa shape index (κ1) is 19.0. The van der Waals surface area contributed by atoms with Crippen LogP contribution >= 0.6 is 0 Å². The molecule has 1 aromatic carbocycles. The van der Waals surface area contributed by atoms with Crippen molar-refractivity contribution in [1.29, 1.82) is 0 Å². The van der Waals surface area contributed by atoms with Gasteiger partial charge in [-0.3, -0.25) is 14.9 Å². The van der Waals surface area contributed by atoms with Crippen molar-refractivity contribution in [3.05, 3.63) is 35.4 Å². The molecule has 4 saturated carbocycles. The second-order valence-corrected chi connectivity index (χ2v) is 9.09. The Morgan fingerprint density at radius 1 is 1.07 bits per heavy atom. The third kappa shape index (κ3) is 3.29. The Labute approximate surface area is 165 Å². The largest absolute Gasteiger partial charge is 0.455 e.